The lowest BCUT2D eigenvalue weighted by atomic mass is 9.86. The molecule has 0 fully saturated rings. The highest BCUT2D eigenvalue weighted by molar-refractivity contribution is 5.84. The van der Waals surface area contributed by atoms with Gasteiger partial charge in [-0.3, -0.25) is 4.79 Å². The Balaban J connectivity index is 4.53. The molecular formula is C14H28N2O3. The Kier molecular flexibility index (Phi) is 7.05. The van der Waals surface area contributed by atoms with Gasteiger partial charge in [-0.05, 0) is 30.2 Å². The molecule has 0 aliphatic heterocycles. The van der Waals surface area contributed by atoms with E-state index in [1.165, 1.54) is 0 Å². The van der Waals surface area contributed by atoms with Gasteiger partial charge in [-0.1, -0.05) is 34.6 Å². The molecule has 0 aliphatic carbocycles. The first-order valence-corrected chi connectivity index (χ1v) is 6.80. The summed E-state index contributed by atoms with van der Waals surface area (Å²) in [6, 6.07) is -0.877. The summed E-state index contributed by atoms with van der Waals surface area (Å²) >= 11 is 0. The van der Waals surface area contributed by atoms with Crippen LogP contribution in [0, 0.1) is 17.3 Å². The zero-order valence-corrected chi connectivity index (χ0v) is 12.7. The second-order valence-corrected chi connectivity index (χ2v) is 6.64. The van der Waals surface area contributed by atoms with Crippen molar-refractivity contribution >= 4 is 11.9 Å². The van der Waals surface area contributed by atoms with E-state index in [1.807, 2.05) is 0 Å². The summed E-state index contributed by atoms with van der Waals surface area (Å²) in [5.74, 6) is -0.666. The number of amides is 1. The summed E-state index contributed by atoms with van der Waals surface area (Å²) in [6.07, 6.45) is 1.16. The van der Waals surface area contributed by atoms with E-state index in [9.17, 15) is 9.59 Å². The Labute approximate surface area is 115 Å². The van der Waals surface area contributed by atoms with Gasteiger partial charge in [0.15, 0.2) is 0 Å². The molecule has 5 nitrogen and oxygen atoms in total. The average molecular weight is 272 g/mol. The summed E-state index contributed by atoms with van der Waals surface area (Å²) in [6.45, 7) is 9.98. The average Bonchev–Trinajstić information content (AvgIpc) is 2.22. The van der Waals surface area contributed by atoms with Gasteiger partial charge in [-0.25, -0.2) is 4.79 Å². The van der Waals surface area contributed by atoms with Crippen LogP contribution in [0.25, 0.3) is 0 Å². The van der Waals surface area contributed by atoms with Crippen molar-refractivity contribution in [1.29, 1.82) is 0 Å². The fraction of sp³-hybridized carbons (Fsp3) is 0.857. The van der Waals surface area contributed by atoms with E-state index >= 15 is 0 Å². The van der Waals surface area contributed by atoms with Crippen LogP contribution in [0.4, 0.5) is 0 Å². The zero-order chi connectivity index (χ0) is 15.2. The normalized spacial score (nSPS) is 15.1. The number of carbonyl (C=O) groups excluding carboxylic acids is 1. The maximum Gasteiger partial charge on any atom is 0.326 e. The SMILES string of the molecule is CC(C)C[C@H](CN)CC(=O)NC(C(=O)O)C(C)(C)C. The minimum absolute atomic E-state index is 0.106. The van der Waals surface area contributed by atoms with Crippen LogP contribution in [-0.4, -0.2) is 29.6 Å². The molecule has 1 amide bonds. The van der Waals surface area contributed by atoms with E-state index in [0.717, 1.165) is 6.42 Å². The van der Waals surface area contributed by atoms with E-state index < -0.39 is 17.4 Å². The third-order valence-corrected chi connectivity index (χ3v) is 3.03. The Hall–Kier alpha value is -1.10. The number of carboxylic acids is 1. The highest BCUT2D eigenvalue weighted by Gasteiger charge is 2.32. The van der Waals surface area contributed by atoms with Gasteiger partial charge < -0.3 is 16.2 Å². The first kappa shape index (κ1) is 17.9. The first-order chi connectivity index (χ1) is 8.57. The van der Waals surface area contributed by atoms with E-state index in [4.69, 9.17) is 10.8 Å². The molecule has 0 aliphatic rings. The quantitative estimate of drug-likeness (QED) is 0.656. The number of aliphatic carboxylic acids is 1. The predicted octanol–water partition coefficient (Wildman–Crippen LogP) is 1.61. The molecule has 0 rings (SSSR count). The van der Waals surface area contributed by atoms with Crippen molar-refractivity contribution in [3.05, 3.63) is 0 Å². The van der Waals surface area contributed by atoms with Crippen molar-refractivity contribution in [2.24, 2.45) is 23.0 Å². The van der Waals surface area contributed by atoms with Gasteiger partial charge in [0.1, 0.15) is 6.04 Å². The number of rotatable bonds is 7. The molecule has 0 radical (unpaired) electrons. The molecule has 0 aromatic heterocycles. The van der Waals surface area contributed by atoms with Gasteiger partial charge in [-0.15, -0.1) is 0 Å². The molecule has 0 bridgehead atoms. The number of hydrogen-bond acceptors (Lipinski definition) is 3. The molecule has 1 unspecified atom stereocenters. The highest BCUT2D eigenvalue weighted by Crippen LogP contribution is 2.20. The van der Waals surface area contributed by atoms with Gasteiger partial charge in [0.05, 0.1) is 0 Å². The van der Waals surface area contributed by atoms with Gasteiger partial charge in [0, 0.05) is 6.42 Å². The second-order valence-electron chi connectivity index (χ2n) is 6.64. The van der Waals surface area contributed by atoms with Crippen LogP contribution in [0.15, 0.2) is 0 Å². The van der Waals surface area contributed by atoms with E-state index in [0.29, 0.717) is 12.5 Å². The smallest absolute Gasteiger partial charge is 0.326 e. The third kappa shape index (κ3) is 7.15. The second kappa shape index (κ2) is 7.48. The maximum atomic E-state index is 11.9. The van der Waals surface area contributed by atoms with Crippen molar-refractivity contribution in [1.82, 2.24) is 5.32 Å². The van der Waals surface area contributed by atoms with Crippen LogP contribution in [-0.2, 0) is 9.59 Å². The Morgan fingerprint density at radius 3 is 2.11 bits per heavy atom. The highest BCUT2D eigenvalue weighted by atomic mass is 16.4. The lowest BCUT2D eigenvalue weighted by molar-refractivity contribution is -0.145. The summed E-state index contributed by atoms with van der Waals surface area (Å²) < 4.78 is 0. The van der Waals surface area contributed by atoms with Crippen LogP contribution in [0.1, 0.15) is 47.5 Å². The molecule has 0 spiro atoms. The molecule has 0 heterocycles. The van der Waals surface area contributed by atoms with Crippen molar-refractivity contribution in [3.8, 4) is 0 Å². The lowest BCUT2D eigenvalue weighted by Gasteiger charge is -2.28. The molecule has 5 heteroatoms. The number of carbonyl (C=O) groups is 2. The van der Waals surface area contributed by atoms with Crippen LogP contribution in [0.2, 0.25) is 0 Å². The number of hydrogen-bond donors (Lipinski definition) is 3. The van der Waals surface area contributed by atoms with Crippen LogP contribution in [0.3, 0.4) is 0 Å². The minimum Gasteiger partial charge on any atom is -0.480 e. The topological polar surface area (TPSA) is 92.4 Å². The molecule has 0 aromatic carbocycles. The Morgan fingerprint density at radius 2 is 1.79 bits per heavy atom. The van der Waals surface area contributed by atoms with Gasteiger partial charge in [0.2, 0.25) is 5.91 Å². The fourth-order valence-corrected chi connectivity index (χ4v) is 2.06. The van der Waals surface area contributed by atoms with Crippen molar-refractivity contribution in [2.75, 3.05) is 6.54 Å². The standard InChI is InChI=1S/C14H28N2O3/c1-9(2)6-10(8-15)7-11(17)16-12(13(18)19)14(3,4)5/h9-10,12H,6-8,15H2,1-5H3,(H,16,17)(H,18,19)/t10-,12?/m0/s1. The summed E-state index contributed by atoms with van der Waals surface area (Å²) in [5, 5.41) is 11.8. The monoisotopic (exact) mass is 272 g/mol. The number of nitrogens with one attached hydrogen (secondary N) is 1. The van der Waals surface area contributed by atoms with Crippen LogP contribution >= 0.6 is 0 Å². The predicted molar refractivity (Wildman–Crippen MR) is 75.6 cm³/mol. The van der Waals surface area contributed by atoms with Crippen molar-refractivity contribution in [2.45, 2.75) is 53.5 Å². The number of nitrogens with two attached hydrogens (primary N) is 1. The third-order valence-electron chi connectivity index (χ3n) is 3.03. The summed E-state index contributed by atoms with van der Waals surface area (Å²) in [7, 11) is 0. The molecule has 0 saturated heterocycles. The van der Waals surface area contributed by atoms with E-state index in [-0.39, 0.29) is 18.2 Å². The fourth-order valence-electron chi connectivity index (χ4n) is 2.06. The molecular weight excluding hydrogens is 244 g/mol. The molecule has 112 valence electrons. The van der Waals surface area contributed by atoms with E-state index in [1.54, 1.807) is 20.8 Å². The summed E-state index contributed by atoms with van der Waals surface area (Å²) in [5.41, 5.74) is 5.13. The van der Waals surface area contributed by atoms with Crippen LogP contribution < -0.4 is 11.1 Å². The molecule has 2 atom stereocenters. The van der Waals surface area contributed by atoms with Gasteiger partial charge in [-0.2, -0.15) is 0 Å². The minimum atomic E-state index is -1.01. The zero-order valence-electron chi connectivity index (χ0n) is 12.7. The molecule has 0 aromatic rings. The van der Waals surface area contributed by atoms with Crippen LogP contribution in [0.5, 0.6) is 0 Å². The maximum absolute atomic E-state index is 11.9. The Morgan fingerprint density at radius 1 is 1.26 bits per heavy atom. The summed E-state index contributed by atoms with van der Waals surface area (Å²) in [4.78, 5) is 23.1. The molecule has 0 saturated carbocycles. The Bertz CT molecular complexity index is 308. The van der Waals surface area contributed by atoms with Gasteiger partial charge >= 0.3 is 5.97 Å². The number of carboxylic acid groups (broad SMARTS) is 1. The van der Waals surface area contributed by atoms with E-state index in [2.05, 4.69) is 19.2 Å². The van der Waals surface area contributed by atoms with Crippen molar-refractivity contribution in [3.63, 3.8) is 0 Å². The molecule has 4 N–H and O–H groups in total. The largest absolute Gasteiger partial charge is 0.480 e. The lowest BCUT2D eigenvalue weighted by Crippen LogP contribution is -2.49. The molecule has 19 heavy (non-hydrogen) atoms. The van der Waals surface area contributed by atoms with Gasteiger partial charge in [0.25, 0.3) is 0 Å². The first-order valence-electron chi connectivity index (χ1n) is 6.80. The van der Waals surface area contributed by atoms with Crippen molar-refractivity contribution < 1.29 is 14.7 Å².